The second-order valence-electron chi connectivity index (χ2n) is 4.74. The van der Waals surface area contributed by atoms with Crippen molar-refractivity contribution in [2.45, 2.75) is 6.04 Å². The molecule has 1 fully saturated rings. The van der Waals surface area contributed by atoms with Crippen molar-refractivity contribution in [1.29, 1.82) is 0 Å². The van der Waals surface area contributed by atoms with Crippen LogP contribution in [-0.4, -0.2) is 49.1 Å². The molecule has 7 heteroatoms. The van der Waals surface area contributed by atoms with E-state index >= 15 is 0 Å². The number of nitro groups is 1. The molecule has 0 saturated carbocycles. The molecular weight excluding hydrogens is 312 g/mol. The summed E-state index contributed by atoms with van der Waals surface area (Å²) in [5, 5.41) is 10.7. The Morgan fingerprint density at radius 3 is 2.84 bits per heavy atom. The molecule has 19 heavy (non-hydrogen) atoms. The molecule has 0 aliphatic carbocycles. The first-order valence-corrected chi connectivity index (χ1v) is 6.91. The molecule has 0 amide bonds. The van der Waals surface area contributed by atoms with Crippen LogP contribution in [0.3, 0.4) is 0 Å². The Morgan fingerprint density at radius 1 is 1.53 bits per heavy atom. The van der Waals surface area contributed by atoms with Crippen molar-refractivity contribution in [3.63, 3.8) is 0 Å². The number of nitro benzene ring substituents is 1. The number of hydrogen-bond donors (Lipinski definition) is 1. The number of piperazine rings is 1. The van der Waals surface area contributed by atoms with Gasteiger partial charge in [-0.2, -0.15) is 0 Å². The molecule has 1 heterocycles. The molecule has 2 N–H and O–H groups in total. The van der Waals surface area contributed by atoms with E-state index in [9.17, 15) is 10.1 Å². The fraction of sp³-hybridized carbons (Fsp3) is 0.500. The van der Waals surface area contributed by atoms with E-state index in [1.165, 1.54) is 6.07 Å². The Bertz CT molecular complexity index is 483. The van der Waals surface area contributed by atoms with E-state index in [2.05, 4.69) is 32.8 Å². The third-order valence-corrected chi connectivity index (χ3v) is 4.04. The minimum absolute atomic E-state index is 0.0917. The van der Waals surface area contributed by atoms with Crippen molar-refractivity contribution in [1.82, 2.24) is 4.90 Å². The van der Waals surface area contributed by atoms with Crippen molar-refractivity contribution in [3.8, 4) is 0 Å². The maximum atomic E-state index is 10.7. The van der Waals surface area contributed by atoms with Gasteiger partial charge in [0, 0.05) is 42.8 Å². The van der Waals surface area contributed by atoms with Crippen LogP contribution in [0.1, 0.15) is 0 Å². The molecular formula is C12H17BrN4O2. The normalized spacial score (nSPS) is 20.6. The van der Waals surface area contributed by atoms with Gasteiger partial charge in [0.05, 0.1) is 16.7 Å². The number of halogens is 1. The van der Waals surface area contributed by atoms with Crippen molar-refractivity contribution in [2.24, 2.45) is 5.73 Å². The average molecular weight is 329 g/mol. The Morgan fingerprint density at radius 2 is 2.26 bits per heavy atom. The van der Waals surface area contributed by atoms with Gasteiger partial charge in [0.15, 0.2) is 0 Å². The van der Waals surface area contributed by atoms with E-state index in [4.69, 9.17) is 5.73 Å². The predicted octanol–water partition coefficient (Wildman–Crippen LogP) is 1.44. The zero-order chi connectivity index (χ0) is 14.0. The Kier molecular flexibility index (Phi) is 4.38. The number of non-ortho nitro benzene ring substituents is 1. The van der Waals surface area contributed by atoms with Gasteiger partial charge in [0.1, 0.15) is 0 Å². The molecule has 1 aromatic carbocycles. The second kappa shape index (κ2) is 5.85. The Labute approximate surface area is 120 Å². The Balaban J connectivity index is 2.28. The van der Waals surface area contributed by atoms with Crippen LogP contribution in [0.25, 0.3) is 0 Å². The third kappa shape index (κ3) is 3.05. The quantitative estimate of drug-likeness (QED) is 0.671. The highest BCUT2D eigenvalue weighted by atomic mass is 79.9. The predicted molar refractivity (Wildman–Crippen MR) is 78.5 cm³/mol. The van der Waals surface area contributed by atoms with Crippen LogP contribution >= 0.6 is 15.9 Å². The fourth-order valence-electron chi connectivity index (χ4n) is 2.37. The van der Waals surface area contributed by atoms with Crippen LogP contribution in [0, 0.1) is 10.1 Å². The first kappa shape index (κ1) is 14.2. The van der Waals surface area contributed by atoms with Gasteiger partial charge in [-0.25, -0.2) is 0 Å². The number of rotatable bonds is 3. The molecule has 0 bridgehead atoms. The number of hydrogen-bond acceptors (Lipinski definition) is 5. The molecule has 0 spiro atoms. The highest BCUT2D eigenvalue weighted by Gasteiger charge is 2.26. The standard InChI is InChI=1S/C12H17BrN4O2/c1-15-4-5-16(10(7-14)8-15)12-3-2-9(17(18)19)6-11(12)13/h2-3,6,10H,4-5,7-8,14H2,1H3. The van der Waals surface area contributed by atoms with E-state index < -0.39 is 0 Å². The average Bonchev–Trinajstić information content (AvgIpc) is 2.38. The lowest BCUT2D eigenvalue weighted by Gasteiger charge is -2.41. The summed E-state index contributed by atoms with van der Waals surface area (Å²) in [6, 6.07) is 5.10. The molecule has 6 nitrogen and oxygen atoms in total. The lowest BCUT2D eigenvalue weighted by Crippen LogP contribution is -2.55. The van der Waals surface area contributed by atoms with E-state index in [0.717, 1.165) is 29.8 Å². The number of nitrogens with zero attached hydrogens (tertiary/aromatic N) is 3. The zero-order valence-electron chi connectivity index (χ0n) is 10.8. The first-order valence-electron chi connectivity index (χ1n) is 6.12. The lowest BCUT2D eigenvalue weighted by molar-refractivity contribution is -0.384. The monoisotopic (exact) mass is 328 g/mol. The molecule has 1 unspecified atom stereocenters. The summed E-state index contributed by atoms with van der Waals surface area (Å²) >= 11 is 3.42. The molecule has 1 aromatic rings. The summed E-state index contributed by atoms with van der Waals surface area (Å²) < 4.78 is 0.740. The van der Waals surface area contributed by atoms with E-state index in [0.29, 0.717) is 6.54 Å². The van der Waals surface area contributed by atoms with Gasteiger partial charge in [-0.3, -0.25) is 10.1 Å². The van der Waals surface area contributed by atoms with Gasteiger partial charge in [-0.05, 0) is 29.0 Å². The van der Waals surface area contributed by atoms with Gasteiger partial charge in [0.25, 0.3) is 5.69 Å². The van der Waals surface area contributed by atoms with Crippen LogP contribution in [0.15, 0.2) is 22.7 Å². The number of benzene rings is 1. The number of likely N-dealkylation sites (N-methyl/N-ethyl adjacent to an activating group) is 1. The smallest absolute Gasteiger partial charge is 0.270 e. The highest BCUT2D eigenvalue weighted by molar-refractivity contribution is 9.10. The summed E-state index contributed by atoms with van der Waals surface area (Å²) in [5.74, 6) is 0. The maximum Gasteiger partial charge on any atom is 0.270 e. The van der Waals surface area contributed by atoms with Gasteiger partial charge in [0.2, 0.25) is 0 Å². The van der Waals surface area contributed by atoms with Crippen LogP contribution in [0.4, 0.5) is 11.4 Å². The van der Waals surface area contributed by atoms with Gasteiger partial charge < -0.3 is 15.5 Å². The largest absolute Gasteiger partial charge is 0.364 e. The summed E-state index contributed by atoms with van der Waals surface area (Å²) in [5.41, 5.74) is 6.89. The van der Waals surface area contributed by atoms with Gasteiger partial charge in [-0.1, -0.05) is 0 Å². The SMILES string of the molecule is CN1CCN(c2ccc([N+](=O)[O-])cc2Br)C(CN)C1. The lowest BCUT2D eigenvalue weighted by atomic mass is 10.1. The molecule has 0 aromatic heterocycles. The highest BCUT2D eigenvalue weighted by Crippen LogP contribution is 2.32. The molecule has 1 saturated heterocycles. The third-order valence-electron chi connectivity index (χ3n) is 3.41. The van der Waals surface area contributed by atoms with Crippen molar-refractivity contribution in [2.75, 3.05) is 38.1 Å². The van der Waals surface area contributed by atoms with Gasteiger partial charge >= 0.3 is 0 Å². The van der Waals surface area contributed by atoms with E-state index in [1.807, 2.05) is 0 Å². The summed E-state index contributed by atoms with van der Waals surface area (Å²) in [7, 11) is 2.07. The van der Waals surface area contributed by atoms with Crippen LogP contribution < -0.4 is 10.6 Å². The molecule has 1 aliphatic rings. The second-order valence-corrected chi connectivity index (χ2v) is 5.59. The van der Waals surface area contributed by atoms with Crippen LogP contribution in [0.5, 0.6) is 0 Å². The van der Waals surface area contributed by atoms with Crippen molar-refractivity contribution < 1.29 is 4.92 Å². The van der Waals surface area contributed by atoms with Crippen molar-refractivity contribution >= 4 is 27.3 Å². The fourth-order valence-corrected chi connectivity index (χ4v) is 2.97. The van der Waals surface area contributed by atoms with Crippen LogP contribution in [-0.2, 0) is 0 Å². The molecule has 104 valence electrons. The topological polar surface area (TPSA) is 75.6 Å². The minimum Gasteiger partial charge on any atom is -0.364 e. The molecule has 0 radical (unpaired) electrons. The van der Waals surface area contributed by atoms with Crippen molar-refractivity contribution in [3.05, 3.63) is 32.8 Å². The molecule has 1 atom stereocenters. The number of nitrogens with two attached hydrogens (primary N) is 1. The molecule has 1 aliphatic heterocycles. The van der Waals surface area contributed by atoms with E-state index in [-0.39, 0.29) is 16.7 Å². The first-order chi connectivity index (χ1) is 9.02. The molecule has 2 rings (SSSR count). The van der Waals surface area contributed by atoms with E-state index in [1.54, 1.807) is 12.1 Å². The maximum absolute atomic E-state index is 10.7. The number of anilines is 1. The minimum atomic E-state index is -0.390. The zero-order valence-corrected chi connectivity index (χ0v) is 12.3. The summed E-state index contributed by atoms with van der Waals surface area (Å²) in [6.45, 7) is 3.29. The van der Waals surface area contributed by atoms with Crippen LogP contribution in [0.2, 0.25) is 0 Å². The van der Waals surface area contributed by atoms with Gasteiger partial charge in [-0.15, -0.1) is 0 Å². The summed E-state index contributed by atoms with van der Waals surface area (Å²) in [4.78, 5) is 14.8. The Hall–Kier alpha value is -1.18. The summed E-state index contributed by atoms with van der Waals surface area (Å²) in [6.07, 6.45) is 0.